The Kier molecular flexibility index (Phi) is 9.08. The maximum absolute atomic E-state index is 12.0. The van der Waals surface area contributed by atoms with Gasteiger partial charge in [0.2, 0.25) is 0 Å². The van der Waals surface area contributed by atoms with Crippen molar-refractivity contribution < 1.29 is 19.1 Å². The third-order valence-corrected chi connectivity index (χ3v) is 2.77. The second-order valence-electron chi connectivity index (χ2n) is 5.24. The van der Waals surface area contributed by atoms with Crippen molar-refractivity contribution in [3.8, 4) is 0 Å². The molecule has 0 aromatic heterocycles. The highest BCUT2D eigenvalue weighted by molar-refractivity contribution is 5.86. The van der Waals surface area contributed by atoms with E-state index in [1.54, 1.807) is 11.8 Å². The Morgan fingerprint density at radius 1 is 1.24 bits per heavy atom. The first-order valence-corrected chi connectivity index (χ1v) is 7.12. The van der Waals surface area contributed by atoms with E-state index in [1.807, 2.05) is 13.8 Å². The highest BCUT2D eigenvalue weighted by Crippen LogP contribution is 2.03. The first-order valence-electron chi connectivity index (χ1n) is 7.12. The zero-order valence-electron chi connectivity index (χ0n) is 13.4. The van der Waals surface area contributed by atoms with Gasteiger partial charge in [0.05, 0.1) is 6.54 Å². The van der Waals surface area contributed by atoms with Crippen molar-refractivity contribution in [2.24, 2.45) is 0 Å². The molecule has 0 saturated heterocycles. The predicted octanol–water partition coefficient (Wildman–Crippen LogP) is 1.89. The molecule has 0 unspecified atom stereocenters. The van der Waals surface area contributed by atoms with E-state index in [0.717, 1.165) is 0 Å². The van der Waals surface area contributed by atoms with Crippen molar-refractivity contribution in [2.45, 2.75) is 46.6 Å². The average molecular weight is 298 g/mol. The summed E-state index contributed by atoms with van der Waals surface area (Å²) in [5.41, 5.74) is 0.328. The number of ketones is 1. The second kappa shape index (κ2) is 9.96. The van der Waals surface area contributed by atoms with Gasteiger partial charge in [-0.25, -0.2) is 9.59 Å². The van der Waals surface area contributed by atoms with Crippen molar-refractivity contribution in [1.29, 1.82) is 0 Å². The van der Waals surface area contributed by atoms with Crippen molar-refractivity contribution in [3.05, 3.63) is 12.2 Å². The number of esters is 1. The van der Waals surface area contributed by atoms with E-state index in [4.69, 9.17) is 4.74 Å². The van der Waals surface area contributed by atoms with E-state index in [2.05, 4.69) is 11.9 Å². The van der Waals surface area contributed by atoms with Gasteiger partial charge in [-0.1, -0.05) is 6.58 Å². The SMILES string of the molecule is C=C(C)C(=O)OCCNC(=O)N(CCCC(C)=O)C(C)C. The molecule has 0 bridgehead atoms. The van der Waals surface area contributed by atoms with Crippen LogP contribution in [0.15, 0.2) is 12.2 Å². The molecule has 6 heteroatoms. The smallest absolute Gasteiger partial charge is 0.333 e. The lowest BCUT2D eigenvalue weighted by Crippen LogP contribution is -2.45. The number of amides is 2. The summed E-state index contributed by atoms with van der Waals surface area (Å²) >= 11 is 0. The van der Waals surface area contributed by atoms with Crippen LogP contribution in [0.2, 0.25) is 0 Å². The van der Waals surface area contributed by atoms with Crippen LogP contribution in [0.4, 0.5) is 4.79 Å². The van der Waals surface area contributed by atoms with Crippen LogP contribution in [0.25, 0.3) is 0 Å². The number of carbonyl (C=O) groups is 3. The summed E-state index contributed by atoms with van der Waals surface area (Å²) < 4.78 is 4.89. The molecule has 0 radical (unpaired) electrons. The number of nitrogens with one attached hydrogen (secondary N) is 1. The fourth-order valence-corrected chi connectivity index (χ4v) is 1.62. The molecule has 0 heterocycles. The number of rotatable bonds is 9. The highest BCUT2D eigenvalue weighted by atomic mass is 16.5. The summed E-state index contributed by atoms with van der Waals surface area (Å²) in [4.78, 5) is 35.7. The van der Waals surface area contributed by atoms with Crippen LogP contribution < -0.4 is 5.32 Å². The predicted molar refractivity (Wildman–Crippen MR) is 80.9 cm³/mol. The van der Waals surface area contributed by atoms with Gasteiger partial charge in [0.1, 0.15) is 12.4 Å². The third kappa shape index (κ3) is 8.83. The molecule has 0 aliphatic heterocycles. The standard InChI is InChI=1S/C15H26N2O4/c1-11(2)14(19)21-10-8-16-15(20)17(12(3)4)9-6-7-13(5)18/h12H,1,6-10H2,2-5H3,(H,16,20). The van der Waals surface area contributed by atoms with E-state index >= 15 is 0 Å². The molecular formula is C15H26N2O4. The maximum atomic E-state index is 12.0. The molecule has 0 fully saturated rings. The summed E-state index contributed by atoms with van der Waals surface area (Å²) in [5.74, 6) is -0.350. The zero-order valence-corrected chi connectivity index (χ0v) is 13.4. The van der Waals surface area contributed by atoms with Gasteiger partial charge >= 0.3 is 12.0 Å². The second-order valence-corrected chi connectivity index (χ2v) is 5.24. The third-order valence-electron chi connectivity index (χ3n) is 2.77. The molecule has 120 valence electrons. The van der Waals surface area contributed by atoms with Crippen LogP contribution in [0.5, 0.6) is 0 Å². The number of urea groups is 1. The van der Waals surface area contributed by atoms with Crippen LogP contribution >= 0.6 is 0 Å². The molecule has 0 saturated carbocycles. The first-order chi connectivity index (χ1) is 9.75. The van der Waals surface area contributed by atoms with E-state index in [0.29, 0.717) is 25.0 Å². The Morgan fingerprint density at radius 3 is 2.33 bits per heavy atom. The fraction of sp³-hybridized carbons (Fsp3) is 0.667. The van der Waals surface area contributed by atoms with Gasteiger partial charge in [-0.05, 0) is 34.1 Å². The Balaban J connectivity index is 4.09. The van der Waals surface area contributed by atoms with Gasteiger partial charge in [0, 0.05) is 24.6 Å². The number of hydrogen-bond acceptors (Lipinski definition) is 4. The van der Waals surface area contributed by atoms with Gasteiger partial charge in [-0.2, -0.15) is 0 Å². The van der Waals surface area contributed by atoms with Gasteiger partial charge < -0.3 is 19.7 Å². The first kappa shape index (κ1) is 19.1. The van der Waals surface area contributed by atoms with E-state index < -0.39 is 5.97 Å². The number of nitrogens with zero attached hydrogens (tertiary/aromatic N) is 1. The molecule has 0 rings (SSSR count). The lowest BCUT2D eigenvalue weighted by molar-refractivity contribution is -0.138. The molecule has 6 nitrogen and oxygen atoms in total. The zero-order chi connectivity index (χ0) is 16.4. The maximum Gasteiger partial charge on any atom is 0.333 e. The van der Waals surface area contributed by atoms with E-state index in [-0.39, 0.29) is 31.0 Å². The summed E-state index contributed by atoms with van der Waals surface area (Å²) in [6.45, 7) is 11.3. The number of ether oxygens (including phenoxy) is 1. The molecule has 0 aliphatic carbocycles. The van der Waals surface area contributed by atoms with Crippen LogP contribution in [0, 0.1) is 0 Å². The Morgan fingerprint density at radius 2 is 1.86 bits per heavy atom. The van der Waals surface area contributed by atoms with Crippen molar-refractivity contribution in [3.63, 3.8) is 0 Å². The largest absolute Gasteiger partial charge is 0.460 e. The van der Waals surface area contributed by atoms with Crippen molar-refractivity contribution in [1.82, 2.24) is 10.2 Å². The minimum Gasteiger partial charge on any atom is -0.460 e. The molecule has 0 atom stereocenters. The molecule has 0 aromatic rings. The van der Waals surface area contributed by atoms with E-state index in [9.17, 15) is 14.4 Å². The van der Waals surface area contributed by atoms with E-state index in [1.165, 1.54) is 6.92 Å². The normalized spacial score (nSPS) is 10.1. The summed E-state index contributed by atoms with van der Waals surface area (Å²) in [5, 5.41) is 2.69. The van der Waals surface area contributed by atoms with Crippen molar-refractivity contribution in [2.75, 3.05) is 19.7 Å². The molecule has 0 aromatic carbocycles. The molecule has 0 spiro atoms. The summed E-state index contributed by atoms with van der Waals surface area (Å²) in [6.07, 6.45) is 1.11. The molecule has 0 aliphatic rings. The minimum absolute atomic E-state index is 0.0370. The lowest BCUT2D eigenvalue weighted by Gasteiger charge is -2.26. The molecule has 2 amide bonds. The number of Topliss-reactive ketones (excluding diaryl/α,β-unsaturated/α-hetero) is 1. The average Bonchev–Trinajstić information content (AvgIpc) is 2.38. The minimum atomic E-state index is -0.466. The Labute approximate surface area is 126 Å². The number of hydrogen-bond donors (Lipinski definition) is 1. The molecule has 1 N–H and O–H groups in total. The van der Waals surface area contributed by atoms with Gasteiger partial charge in [-0.3, -0.25) is 0 Å². The molecule has 21 heavy (non-hydrogen) atoms. The topological polar surface area (TPSA) is 75.7 Å². The van der Waals surface area contributed by atoms with Gasteiger partial charge in [0.15, 0.2) is 0 Å². The van der Waals surface area contributed by atoms with Crippen molar-refractivity contribution >= 4 is 17.8 Å². The summed E-state index contributed by atoms with van der Waals surface area (Å²) in [6, 6.07) is -0.185. The quantitative estimate of drug-likeness (QED) is 0.401. The lowest BCUT2D eigenvalue weighted by atomic mass is 10.2. The fourth-order valence-electron chi connectivity index (χ4n) is 1.62. The monoisotopic (exact) mass is 298 g/mol. The summed E-state index contributed by atoms with van der Waals surface area (Å²) in [7, 11) is 0. The van der Waals surface area contributed by atoms with Crippen LogP contribution in [0.1, 0.15) is 40.5 Å². The van der Waals surface area contributed by atoms with Gasteiger partial charge in [-0.15, -0.1) is 0 Å². The van der Waals surface area contributed by atoms with Gasteiger partial charge in [0.25, 0.3) is 0 Å². The number of carbonyl (C=O) groups excluding carboxylic acids is 3. The van der Waals surface area contributed by atoms with Crippen LogP contribution in [-0.4, -0.2) is 48.4 Å². The Bertz CT molecular complexity index is 391. The van der Waals surface area contributed by atoms with Crippen LogP contribution in [-0.2, 0) is 14.3 Å². The molecular weight excluding hydrogens is 272 g/mol. The highest BCUT2D eigenvalue weighted by Gasteiger charge is 2.16. The van der Waals surface area contributed by atoms with Crippen LogP contribution in [0.3, 0.4) is 0 Å². The Hall–Kier alpha value is -1.85.